The van der Waals surface area contributed by atoms with Gasteiger partial charge in [-0.15, -0.1) is 0 Å². The van der Waals surface area contributed by atoms with Crippen molar-refractivity contribution in [3.8, 4) is 0 Å². The highest BCUT2D eigenvalue weighted by molar-refractivity contribution is 5.85. The third kappa shape index (κ3) is 4.73. The summed E-state index contributed by atoms with van der Waals surface area (Å²) in [5.41, 5.74) is 0. The fourth-order valence-electron chi connectivity index (χ4n) is 0.519. The number of rotatable bonds is 6. The molecule has 0 saturated carbocycles. The molecule has 0 rings (SSSR count). The topological polar surface area (TPSA) is 44.8 Å². The standard InChI is InChI=1S/C8H14O4/c1-4-11-8(9)7(2)12-6-5-10-3/h2,4-6H2,1,3H3. The highest BCUT2D eigenvalue weighted by atomic mass is 16.6. The first-order valence-electron chi connectivity index (χ1n) is 3.70. The van der Waals surface area contributed by atoms with Crippen LogP contribution in [0.4, 0.5) is 0 Å². The van der Waals surface area contributed by atoms with Crippen LogP contribution in [0.2, 0.25) is 0 Å². The summed E-state index contributed by atoms with van der Waals surface area (Å²) < 4.78 is 14.2. The van der Waals surface area contributed by atoms with Crippen LogP contribution in [0, 0.1) is 0 Å². The van der Waals surface area contributed by atoms with Gasteiger partial charge < -0.3 is 14.2 Å². The number of carbonyl (C=O) groups is 1. The average molecular weight is 174 g/mol. The van der Waals surface area contributed by atoms with Gasteiger partial charge in [0.25, 0.3) is 0 Å². The highest BCUT2D eigenvalue weighted by Crippen LogP contribution is 1.96. The van der Waals surface area contributed by atoms with Crippen LogP contribution in [0.15, 0.2) is 12.3 Å². The Labute approximate surface area is 72.1 Å². The fraction of sp³-hybridized carbons (Fsp3) is 0.625. The van der Waals surface area contributed by atoms with E-state index in [0.717, 1.165) is 0 Å². The van der Waals surface area contributed by atoms with E-state index in [9.17, 15) is 4.79 Å². The van der Waals surface area contributed by atoms with Crippen molar-refractivity contribution in [3.05, 3.63) is 12.3 Å². The molecule has 4 heteroatoms. The van der Waals surface area contributed by atoms with E-state index in [4.69, 9.17) is 9.47 Å². The maximum Gasteiger partial charge on any atom is 0.372 e. The minimum absolute atomic E-state index is 0.0221. The zero-order valence-electron chi connectivity index (χ0n) is 7.46. The molecule has 12 heavy (non-hydrogen) atoms. The van der Waals surface area contributed by atoms with Crippen LogP contribution >= 0.6 is 0 Å². The Bertz CT molecular complexity index is 153. The molecule has 0 aliphatic heterocycles. The summed E-state index contributed by atoms with van der Waals surface area (Å²) >= 11 is 0. The van der Waals surface area contributed by atoms with Gasteiger partial charge in [-0.1, -0.05) is 0 Å². The lowest BCUT2D eigenvalue weighted by Gasteiger charge is -2.06. The van der Waals surface area contributed by atoms with E-state index < -0.39 is 5.97 Å². The molecule has 0 atom stereocenters. The molecule has 0 unspecified atom stereocenters. The van der Waals surface area contributed by atoms with E-state index >= 15 is 0 Å². The number of hydrogen-bond acceptors (Lipinski definition) is 4. The van der Waals surface area contributed by atoms with Gasteiger partial charge in [0.2, 0.25) is 0 Å². The molecule has 0 N–H and O–H groups in total. The zero-order chi connectivity index (χ0) is 9.40. The minimum Gasteiger partial charge on any atom is -0.485 e. The summed E-state index contributed by atoms with van der Waals surface area (Å²) in [6, 6.07) is 0. The summed E-state index contributed by atoms with van der Waals surface area (Å²) in [6.45, 7) is 6.18. The van der Waals surface area contributed by atoms with Crippen molar-refractivity contribution in [2.75, 3.05) is 26.9 Å². The molecule has 0 fully saturated rings. The van der Waals surface area contributed by atoms with Crippen molar-refractivity contribution in [2.24, 2.45) is 0 Å². The zero-order valence-corrected chi connectivity index (χ0v) is 7.46. The predicted molar refractivity (Wildman–Crippen MR) is 43.6 cm³/mol. The van der Waals surface area contributed by atoms with E-state index in [0.29, 0.717) is 19.8 Å². The first-order chi connectivity index (χ1) is 5.72. The summed E-state index contributed by atoms with van der Waals surface area (Å²) in [4.78, 5) is 10.8. The average Bonchev–Trinajstić information content (AvgIpc) is 2.05. The largest absolute Gasteiger partial charge is 0.485 e. The van der Waals surface area contributed by atoms with Crippen LogP contribution in [0.3, 0.4) is 0 Å². The van der Waals surface area contributed by atoms with E-state index in [1.807, 2.05) is 0 Å². The van der Waals surface area contributed by atoms with Gasteiger partial charge in [0, 0.05) is 7.11 Å². The number of carbonyl (C=O) groups excluding carboxylic acids is 1. The van der Waals surface area contributed by atoms with E-state index in [1.54, 1.807) is 14.0 Å². The second-order valence-electron chi connectivity index (χ2n) is 1.98. The monoisotopic (exact) mass is 174 g/mol. The first kappa shape index (κ1) is 11.0. The second kappa shape index (κ2) is 6.67. The molecule has 0 amide bonds. The SMILES string of the molecule is C=C(OCCOC)C(=O)OCC. The molecule has 0 aromatic carbocycles. The lowest BCUT2D eigenvalue weighted by atomic mass is 10.5. The molecule has 0 bridgehead atoms. The van der Waals surface area contributed by atoms with Crippen LogP contribution in [-0.4, -0.2) is 32.9 Å². The third-order valence-electron chi connectivity index (χ3n) is 1.07. The molecule has 0 radical (unpaired) electrons. The van der Waals surface area contributed by atoms with Gasteiger partial charge in [-0.2, -0.15) is 0 Å². The Balaban J connectivity index is 3.50. The number of ether oxygens (including phenoxy) is 3. The maximum atomic E-state index is 10.8. The molecule has 0 aromatic rings. The molecule has 0 aromatic heterocycles. The van der Waals surface area contributed by atoms with Crippen molar-refractivity contribution in [2.45, 2.75) is 6.92 Å². The van der Waals surface area contributed by atoms with Crippen molar-refractivity contribution < 1.29 is 19.0 Å². The van der Waals surface area contributed by atoms with Gasteiger partial charge in [-0.05, 0) is 13.5 Å². The summed E-state index contributed by atoms with van der Waals surface area (Å²) in [5, 5.41) is 0. The van der Waals surface area contributed by atoms with Gasteiger partial charge in [0.05, 0.1) is 13.2 Å². The number of esters is 1. The highest BCUT2D eigenvalue weighted by Gasteiger charge is 2.07. The molecule has 0 saturated heterocycles. The molecule has 0 aliphatic carbocycles. The maximum absolute atomic E-state index is 10.8. The Hall–Kier alpha value is -1.03. The summed E-state index contributed by atoms with van der Waals surface area (Å²) in [5.74, 6) is -0.498. The second-order valence-corrected chi connectivity index (χ2v) is 1.98. The van der Waals surface area contributed by atoms with Crippen molar-refractivity contribution in [3.63, 3.8) is 0 Å². The Morgan fingerprint density at radius 1 is 1.33 bits per heavy atom. The van der Waals surface area contributed by atoms with E-state index in [1.165, 1.54) is 0 Å². The first-order valence-corrected chi connectivity index (χ1v) is 3.70. The quantitative estimate of drug-likeness (QED) is 0.258. The fourth-order valence-corrected chi connectivity index (χ4v) is 0.519. The Kier molecular flexibility index (Phi) is 6.09. The van der Waals surface area contributed by atoms with Crippen molar-refractivity contribution >= 4 is 5.97 Å². The molecule has 4 nitrogen and oxygen atoms in total. The van der Waals surface area contributed by atoms with Crippen LogP contribution < -0.4 is 0 Å². The van der Waals surface area contributed by atoms with Crippen LogP contribution in [-0.2, 0) is 19.0 Å². The third-order valence-corrected chi connectivity index (χ3v) is 1.07. The summed E-state index contributed by atoms with van der Waals surface area (Å²) in [7, 11) is 1.55. The Morgan fingerprint density at radius 3 is 2.50 bits per heavy atom. The van der Waals surface area contributed by atoms with Crippen molar-refractivity contribution in [1.29, 1.82) is 0 Å². The number of hydrogen-bond donors (Lipinski definition) is 0. The Morgan fingerprint density at radius 2 is 2.00 bits per heavy atom. The van der Waals surface area contributed by atoms with Gasteiger partial charge in [0.1, 0.15) is 6.61 Å². The van der Waals surface area contributed by atoms with Gasteiger partial charge in [-0.25, -0.2) is 4.79 Å². The molecule has 0 spiro atoms. The predicted octanol–water partition coefficient (Wildman–Crippen LogP) is 0.726. The normalized spacial score (nSPS) is 9.17. The van der Waals surface area contributed by atoms with Crippen LogP contribution in [0.25, 0.3) is 0 Å². The molecule has 0 heterocycles. The van der Waals surface area contributed by atoms with Gasteiger partial charge in [-0.3, -0.25) is 0 Å². The van der Waals surface area contributed by atoms with E-state index in [2.05, 4.69) is 11.3 Å². The van der Waals surface area contributed by atoms with E-state index in [-0.39, 0.29) is 5.76 Å². The molecule has 70 valence electrons. The van der Waals surface area contributed by atoms with Gasteiger partial charge in [0.15, 0.2) is 5.76 Å². The smallest absolute Gasteiger partial charge is 0.372 e. The molecule has 0 aliphatic rings. The molecular weight excluding hydrogens is 160 g/mol. The van der Waals surface area contributed by atoms with Gasteiger partial charge >= 0.3 is 5.97 Å². The van der Waals surface area contributed by atoms with Crippen LogP contribution in [0.5, 0.6) is 0 Å². The molecular formula is C8H14O4. The number of methoxy groups -OCH3 is 1. The lowest BCUT2D eigenvalue weighted by molar-refractivity contribution is -0.142. The summed E-state index contributed by atoms with van der Waals surface area (Å²) in [6.07, 6.45) is 0. The van der Waals surface area contributed by atoms with Crippen molar-refractivity contribution in [1.82, 2.24) is 0 Å². The van der Waals surface area contributed by atoms with Crippen LogP contribution in [0.1, 0.15) is 6.92 Å². The lowest BCUT2D eigenvalue weighted by Crippen LogP contribution is -2.11. The minimum atomic E-state index is -0.520.